The lowest BCUT2D eigenvalue weighted by molar-refractivity contribution is -0.149. The molecule has 0 aromatic rings. The average Bonchev–Trinajstić information content (AvgIpc) is 1.92. The minimum Gasteiger partial charge on any atom is -0.195 e. The Morgan fingerprint density at radius 1 is 1.08 bits per heavy atom. The lowest BCUT2D eigenvalue weighted by Gasteiger charge is -2.24. The minimum absolute atomic E-state index is 0.445. The first kappa shape index (κ1) is 11.0. The maximum Gasteiger partial charge on any atom is 0.360 e. The molecule has 0 saturated carbocycles. The van der Waals surface area contributed by atoms with Crippen LogP contribution in [0.1, 0.15) is 0 Å². The Hall–Kier alpha value is 0.940. The molecule has 0 unspecified atom stereocenters. The molecule has 12 heavy (non-hydrogen) atoms. The zero-order valence-corrected chi connectivity index (χ0v) is 8.22. The van der Waals surface area contributed by atoms with Gasteiger partial charge in [-0.1, -0.05) is 35.0 Å². The molecule has 1 saturated heterocycles. The molecule has 1 fully saturated rings. The molecule has 0 nitrogen and oxygen atoms in total. The Bertz CT molecular complexity index is 206. The van der Waals surface area contributed by atoms with Crippen molar-refractivity contribution >= 4 is 46.6 Å². The van der Waals surface area contributed by atoms with Crippen LogP contribution in [0, 0.1) is 0 Å². The van der Waals surface area contributed by atoms with Crippen molar-refractivity contribution in [2.75, 3.05) is 0 Å². The molecule has 0 aromatic heterocycles. The topological polar surface area (TPSA) is 0 Å². The number of hydrogen-bond acceptors (Lipinski definition) is 1. The third kappa shape index (κ3) is 1.21. The minimum atomic E-state index is -4.51. The molecule has 1 atom stereocenters. The van der Waals surface area contributed by atoms with E-state index in [1.807, 2.05) is 0 Å². The van der Waals surface area contributed by atoms with Crippen LogP contribution in [0.3, 0.4) is 0 Å². The molecule has 0 N–H and O–H groups in total. The van der Waals surface area contributed by atoms with Gasteiger partial charge in [0.05, 0.1) is 0 Å². The summed E-state index contributed by atoms with van der Waals surface area (Å²) in [6, 6.07) is 0. The summed E-state index contributed by atoms with van der Waals surface area (Å²) in [5, 5.41) is -4.32. The Kier molecular flexibility index (Phi) is 2.49. The summed E-state index contributed by atoms with van der Waals surface area (Å²) in [4.78, 5) is 0. The molecule has 0 aliphatic carbocycles. The number of rotatable bonds is 0. The van der Waals surface area contributed by atoms with Crippen LogP contribution in [0.5, 0.6) is 0 Å². The largest absolute Gasteiger partial charge is 0.360 e. The molecule has 0 spiro atoms. The second kappa shape index (κ2) is 2.72. The summed E-state index contributed by atoms with van der Waals surface area (Å²) in [5.41, 5.74) is 0. The van der Waals surface area contributed by atoms with E-state index in [9.17, 15) is 17.6 Å². The van der Waals surface area contributed by atoms with E-state index in [0.717, 1.165) is 0 Å². The Morgan fingerprint density at radius 2 is 1.50 bits per heavy atom. The van der Waals surface area contributed by atoms with Gasteiger partial charge < -0.3 is 0 Å². The van der Waals surface area contributed by atoms with Gasteiger partial charge in [-0.05, 0) is 0 Å². The fourth-order valence-electron chi connectivity index (χ4n) is 0.615. The van der Waals surface area contributed by atoms with Crippen LogP contribution >= 0.6 is 46.6 Å². The predicted molar refractivity (Wildman–Crippen MR) is 41.6 cm³/mol. The van der Waals surface area contributed by atoms with Crippen LogP contribution in [-0.4, -0.2) is 20.2 Å². The van der Waals surface area contributed by atoms with Gasteiger partial charge in [0.1, 0.15) is 4.71 Å². The third-order valence-electron chi connectivity index (χ3n) is 1.32. The van der Waals surface area contributed by atoms with Crippen molar-refractivity contribution in [2.24, 2.45) is 0 Å². The molecule has 8 heteroatoms. The van der Waals surface area contributed by atoms with Crippen molar-refractivity contribution in [1.29, 1.82) is 0 Å². The standard InChI is InChI=1S/C4HCl3F4S/c5-1-2(6,7)3(8,9)4(10,11)12-1/h1H/t1-/m1/s1. The first-order valence-electron chi connectivity index (χ1n) is 2.58. The van der Waals surface area contributed by atoms with E-state index in [-0.39, 0.29) is 0 Å². The van der Waals surface area contributed by atoms with Crippen molar-refractivity contribution in [3.05, 3.63) is 0 Å². The van der Waals surface area contributed by atoms with Gasteiger partial charge >= 0.3 is 11.2 Å². The van der Waals surface area contributed by atoms with Gasteiger partial charge in [0, 0.05) is 0 Å². The van der Waals surface area contributed by atoms with Gasteiger partial charge in [0.2, 0.25) is 4.33 Å². The van der Waals surface area contributed by atoms with E-state index < -0.39 is 32.0 Å². The number of alkyl halides is 7. The highest BCUT2D eigenvalue weighted by Gasteiger charge is 2.78. The summed E-state index contributed by atoms with van der Waals surface area (Å²) in [6.07, 6.45) is 0. The smallest absolute Gasteiger partial charge is 0.195 e. The van der Waals surface area contributed by atoms with Crippen LogP contribution in [-0.2, 0) is 0 Å². The molecule has 72 valence electrons. The highest BCUT2D eigenvalue weighted by molar-refractivity contribution is 8.02. The van der Waals surface area contributed by atoms with Crippen molar-refractivity contribution in [1.82, 2.24) is 0 Å². The molecule has 1 rings (SSSR count). The summed E-state index contributed by atoms with van der Waals surface area (Å²) in [7, 11) is 0. The van der Waals surface area contributed by atoms with Gasteiger partial charge in [-0.2, -0.15) is 17.6 Å². The second-order valence-electron chi connectivity index (χ2n) is 2.15. The molecular weight excluding hydrogens is 262 g/mol. The van der Waals surface area contributed by atoms with E-state index in [0.29, 0.717) is 0 Å². The highest BCUT2D eigenvalue weighted by Crippen LogP contribution is 2.65. The zero-order valence-electron chi connectivity index (χ0n) is 5.13. The van der Waals surface area contributed by atoms with Crippen molar-refractivity contribution in [2.45, 2.75) is 20.2 Å². The Morgan fingerprint density at radius 3 is 1.58 bits per heavy atom. The van der Waals surface area contributed by atoms with E-state index in [2.05, 4.69) is 0 Å². The van der Waals surface area contributed by atoms with E-state index >= 15 is 0 Å². The van der Waals surface area contributed by atoms with E-state index in [1.165, 1.54) is 0 Å². The number of thioether (sulfide) groups is 1. The fraction of sp³-hybridized carbons (Fsp3) is 1.00. The summed E-state index contributed by atoms with van der Waals surface area (Å²) in [5.74, 6) is -4.51. The van der Waals surface area contributed by atoms with Gasteiger partial charge in [-0.3, -0.25) is 0 Å². The molecule has 0 bridgehead atoms. The Balaban J connectivity index is 3.10. The molecular formula is C4HCl3F4S. The Labute approximate surface area is 84.5 Å². The van der Waals surface area contributed by atoms with Crippen LogP contribution < -0.4 is 0 Å². The molecule has 1 aliphatic rings. The van der Waals surface area contributed by atoms with Crippen LogP contribution in [0.25, 0.3) is 0 Å². The normalized spacial score (nSPS) is 36.8. The third-order valence-corrected chi connectivity index (χ3v) is 4.42. The summed E-state index contributed by atoms with van der Waals surface area (Å²) >= 11 is 14.6. The molecule has 0 aromatic carbocycles. The maximum atomic E-state index is 12.6. The van der Waals surface area contributed by atoms with Crippen LogP contribution in [0.4, 0.5) is 17.6 Å². The van der Waals surface area contributed by atoms with Gasteiger partial charge in [-0.25, -0.2) is 0 Å². The van der Waals surface area contributed by atoms with E-state index in [4.69, 9.17) is 34.8 Å². The molecule has 0 amide bonds. The first-order chi connectivity index (χ1) is 5.13. The fourth-order valence-corrected chi connectivity index (χ4v) is 2.57. The first-order valence-corrected chi connectivity index (χ1v) is 4.65. The number of hydrogen-bond donors (Lipinski definition) is 0. The highest BCUT2D eigenvalue weighted by atomic mass is 35.5. The molecule has 1 aliphatic heterocycles. The van der Waals surface area contributed by atoms with Crippen molar-refractivity contribution in [3.63, 3.8) is 0 Å². The predicted octanol–water partition coefficient (Wildman–Crippen LogP) is 3.70. The van der Waals surface area contributed by atoms with Gasteiger partial charge in [0.25, 0.3) is 0 Å². The summed E-state index contributed by atoms with van der Waals surface area (Å²) < 4.78 is 45.5. The van der Waals surface area contributed by atoms with Gasteiger partial charge in [-0.15, -0.1) is 11.6 Å². The number of halogens is 7. The van der Waals surface area contributed by atoms with E-state index in [1.54, 1.807) is 0 Å². The lowest BCUT2D eigenvalue weighted by atomic mass is 10.2. The van der Waals surface area contributed by atoms with Gasteiger partial charge in [0.15, 0.2) is 0 Å². The monoisotopic (exact) mass is 262 g/mol. The molecule has 0 radical (unpaired) electrons. The average molecular weight is 263 g/mol. The lowest BCUT2D eigenvalue weighted by Crippen LogP contribution is -2.46. The van der Waals surface area contributed by atoms with Crippen LogP contribution in [0.2, 0.25) is 0 Å². The quantitative estimate of drug-likeness (QED) is 0.474. The van der Waals surface area contributed by atoms with Crippen molar-refractivity contribution < 1.29 is 17.6 Å². The van der Waals surface area contributed by atoms with Crippen molar-refractivity contribution in [3.8, 4) is 0 Å². The zero-order chi connectivity index (χ0) is 9.78. The molecule has 1 heterocycles. The summed E-state index contributed by atoms with van der Waals surface area (Å²) in [6.45, 7) is 0. The second-order valence-corrected chi connectivity index (χ2v) is 5.45. The van der Waals surface area contributed by atoms with Crippen LogP contribution in [0.15, 0.2) is 0 Å². The SMILES string of the molecule is FC1(F)S[C@@H](Cl)C(Cl)(Cl)C1(F)F. The maximum absolute atomic E-state index is 12.6.